The van der Waals surface area contributed by atoms with Gasteiger partial charge in [0.15, 0.2) is 0 Å². The number of hydrogen-bond acceptors (Lipinski definition) is 4. The molecule has 3 aromatic carbocycles. The Labute approximate surface area is 177 Å². The van der Waals surface area contributed by atoms with Crippen molar-refractivity contribution in [3.05, 3.63) is 101 Å². The van der Waals surface area contributed by atoms with Crippen LogP contribution in [0, 0.1) is 17.1 Å². The van der Waals surface area contributed by atoms with Crippen LogP contribution < -0.4 is 10.1 Å². The summed E-state index contributed by atoms with van der Waals surface area (Å²) in [5.41, 5.74) is 1.04. The second kappa shape index (κ2) is 9.85. The number of benzene rings is 3. The number of carboxylic acids is 1. The predicted molar refractivity (Wildman–Crippen MR) is 113 cm³/mol. The van der Waals surface area contributed by atoms with Crippen LogP contribution in [0.1, 0.15) is 21.5 Å². The van der Waals surface area contributed by atoms with Crippen LogP contribution in [0.5, 0.6) is 5.75 Å². The molecule has 0 bridgehead atoms. The first-order valence-corrected chi connectivity index (χ1v) is 9.19. The Kier molecular flexibility index (Phi) is 6.76. The maximum Gasteiger partial charge on any atom is 0.335 e. The van der Waals surface area contributed by atoms with E-state index >= 15 is 0 Å². The second-order valence-electron chi connectivity index (χ2n) is 6.46. The van der Waals surface area contributed by atoms with Gasteiger partial charge in [-0.3, -0.25) is 4.79 Å². The van der Waals surface area contributed by atoms with Gasteiger partial charge in [0, 0.05) is 11.3 Å². The van der Waals surface area contributed by atoms with E-state index in [2.05, 4.69) is 5.32 Å². The van der Waals surface area contributed by atoms with Crippen LogP contribution in [0.15, 0.2) is 78.4 Å². The molecule has 2 N–H and O–H groups in total. The number of hydrogen-bond donors (Lipinski definition) is 2. The highest BCUT2D eigenvalue weighted by Crippen LogP contribution is 2.19. The third-order valence-electron chi connectivity index (χ3n) is 4.25. The van der Waals surface area contributed by atoms with E-state index in [0.717, 1.165) is 0 Å². The van der Waals surface area contributed by atoms with Gasteiger partial charge in [-0.15, -0.1) is 0 Å². The van der Waals surface area contributed by atoms with Gasteiger partial charge in [-0.05, 0) is 48.0 Å². The van der Waals surface area contributed by atoms with E-state index in [1.807, 2.05) is 6.07 Å². The summed E-state index contributed by atoms with van der Waals surface area (Å²) >= 11 is 0. The fraction of sp³-hybridized carbons (Fsp3) is 0.0417. The van der Waals surface area contributed by atoms with E-state index in [1.54, 1.807) is 42.5 Å². The first-order chi connectivity index (χ1) is 15.0. The number of aromatic carboxylic acids is 1. The van der Waals surface area contributed by atoms with Gasteiger partial charge in [0.25, 0.3) is 5.91 Å². The van der Waals surface area contributed by atoms with Gasteiger partial charge in [-0.2, -0.15) is 5.26 Å². The van der Waals surface area contributed by atoms with Gasteiger partial charge in [0.1, 0.15) is 29.8 Å². The van der Waals surface area contributed by atoms with Crippen LogP contribution in [0.25, 0.3) is 6.08 Å². The topological polar surface area (TPSA) is 99.4 Å². The molecule has 0 saturated heterocycles. The Morgan fingerprint density at radius 2 is 1.84 bits per heavy atom. The maximum atomic E-state index is 13.7. The van der Waals surface area contributed by atoms with Crippen molar-refractivity contribution in [2.75, 3.05) is 5.32 Å². The van der Waals surface area contributed by atoms with E-state index < -0.39 is 11.9 Å². The third kappa shape index (κ3) is 5.78. The highest BCUT2D eigenvalue weighted by atomic mass is 19.1. The predicted octanol–water partition coefficient (Wildman–Crippen LogP) is 4.65. The number of carbonyl (C=O) groups excluding carboxylic acids is 1. The molecular formula is C24H17FN2O4. The Morgan fingerprint density at radius 1 is 1.06 bits per heavy atom. The van der Waals surface area contributed by atoms with Gasteiger partial charge in [-0.25, -0.2) is 9.18 Å². The van der Waals surface area contributed by atoms with Crippen LogP contribution in [0.2, 0.25) is 0 Å². The monoisotopic (exact) mass is 416 g/mol. The van der Waals surface area contributed by atoms with Crippen LogP contribution >= 0.6 is 0 Å². The SMILES string of the molecule is N#C/C(=C/c1cccc(OCc2ccccc2F)c1)C(=O)Nc1cccc(C(=O)O)c1. The number of carboxylic acid groups (broad SMARTS) is 1. The second-order valence-corrected chi connectivity index (χ2v) is 6.46. The fourth-order valence-electron chi connectivity index (χ4n) is 2.71. The normalized spacial score (nSPS) is 10.8. The highest BCUT2D eigenvalue weighted by molar-refractivity contribution is 6.10. The lowest BCUT2D eigenvalue weighted by Crippen LogP contribution is -2.13. The molecule has 0 atom stereocenters. The molecule has 0 radical (unpaired) electrons. The molecule has 3 aromatic rings. The summed E-state index contributed by atoms with van der Waals surface area (Å²) in [7, 11) is 0. The minimum atomic E-state index is -1.13. The van der Waals surface area contributed by atoms with Crippen molar-refractivity contribution in [1.82, 2.24) is 0 Å². The van der Waals surface area contributed by atoms with Crippen molar-refractivity contribution >= 4 is 23.6 Å². The molecule has 0 fully saturated rings. The van der Waals surface area contributed by atoms with Crippen molar-refractivity contribution < 1.29 is 23.8 Å². The molecule has 7 heteroatoms. The van der Waals surface area contributed by atoms with E-state index in [0.29, 0.717) is 16.9 Å². The number of rotatable bonds is 7. The summed E-state index contributed by atoms with van der Waals surface area (Å²) in [6.45, 7) is 0.0331. The number of halogens is 1. The zero-order valence-electron chi connectivity index (χ0n) is 16.2. The molecule has 0 heterocycles. The van der Waals surface area contributed by atoms with Gasteiger partial charge in [0.05, 0.1) is 5.56 Å². The molecule has 0 saturated carbocycles. The molecule has 0 aliphatic carbocycles. The van der Waals surface area contributed by atoms with Crippen LogP contribution in [0.4, 0.5) is 10.1 Å². The van der Waals surface area contributed by atoms with Crippen molar-refractivity contribution in [2.24, 2.45) is 0 Å². The molecule has 1 amide bonds. The minimum absolute atomic E-state index is 0.0139. The lowest BCUT2D eigenvalue weighted by molar-refractivity contribution is -0.112. The first-order valence-electron chi connectivity index (χ1n) is 9.19. The lowest BCUT2D eigenvalue weighted by Gasteiger charge is -2.08. The summed E-state index contributed by atoms with van der Waals surface area (Å²) in [5, 5.41) is 20.9. The highest BCUT2D eigenvalue weighted by Gasteiger charge is 2.11. The Bertz CT molecular complexity index is 1200. The summed E-state index contributed by atoms with van der Waals surface area (Å²) < 4.78 is 19.3. The maximum absolute atomic E-state index is 13.7. The standard InChI is InChI=1S/C24H17FN2O4/c25-22-10-2-1-6-18(22)15-31-21-9-3-5-16(12-21)11-19(14-26)23(28)27-20-8-4-7-17(13-20)24(29)30/h1-13H,15H2,(H,27,28)(H,29,30)/b19-11-. The van der Waals surface area contributed by atoms with E-state index in [1.165, 1.54) is 36.4 Å². The third-order valence-corrected chi connectivity index (χ3v) is 4.25. The summed E-state index contributed by atoms with van der Waals surface area (Å²) in [6, 6.07) is 20.5. The van der Waals surface area contributed by atoms with Crippen molar-refractivity contribution in [1.29, 1.82) is 5.26 Å². The number of anilines is 1. The Hall–Kier alpha value is -4.44. The summed E-state index contributed by atoms with van der Waals surface area (Å²) in [4.78, 5) is 23.5. The molecular weight excluding hydrogens is 399 g/mol. The Morgan fingerprint density at radius 3 is 2.58 bits per heavy atom. The zero-order valence-corrected chi connectivity index (χ0v) is 16.2. The number of nitrogens with zero attached hydrogens (tertiary/aromatic N) is 1. The minimum Gasteiger partial charge on any atom is -0.489 e. The van der Waals surface area contributed by atoms with Crippen LogP contribution in [-0.4, -0.2) is 17.0 Å². The first kappa shape index (κ1) is 21.3. The van der Waals surface area contributed by atoms with Crippen molar-refractivity contribution in [3.63, 3.8) is 0 Å². The molecule has 3 rings (SSSR count). The number of nitriles is 1. The van der Waals surface area contributed by atoms with Gasteiger partial charge in [0.2, 0.25) is 0 Å². The average molecular weight is 416 g/mol. The molecule has 0 aliphatic heterocycles. The smallest absolute Gasteiger partial charge is 0.335 e. The molecule has 0 unspecified atom stereocenters. The molecule has 0 spiro atoms. The fourth-order valence-corrected chi connectivity index (χ4v) is 2.71. The van der Waals surface area contributed by atoms with Crippen molar-refractivity contribution in [3.8, 4) is 11.8 Å². The van der Waals surface area contributed by atoms with Gasteiger partial charge in [-0.1, -0.05) is 36.4 Å². The number of amides is 1. The van der Waals surface area contributed by atoms with Crippen LogP contribution in [-0.2, 0) is 11.4 Å². The van der Waals surface area contributed by atoms with Gasteiger partial charge >= 0.3 is 5.97 Å². The molecule has 0 aliphatic rings. The molecule has 0 aromatic heterocycles. The summed E-state index contributed by atoms with van der Waals surface area (Å²) in [5.74, 6) is -1.72. The lowest BCUT2D eigenvalue weighted by atomic mass is 10.1. The summed E-state index contributed by atoms with van der Waals surface area (Å²) in [6.07, 6.45) is 1.38. The molecule has 154 valence electrons. The Balaban J connectivity index is 1.73. The zero-order chi connectivity index (χ0) is 22.2. The number of ether oxygens (including phenoxy) is 1. The number of carbonyl (C=O) groups is 2. The number of nitrogens with one attached hydrogen (secondary N) is 1. The van der Waals surface area contributed by atoms with E-state index in [4.69, 9.17) is 9.84 Å². The molecule has 31 heavy (non-hydrogen) atoms. The van der Waals surface area contributed by atoms with E-state index in [-0.39, 0.29) is 29.2 Å². The van der Waals surface area contributed by atoms with Crippen molar-refractivity contribution in [2.45, 2.75) is 6.61 Å². The quantitative estimate of drug-likeness (QED) is 0.431. The van der Waals surface area contributed by atoms with Gasteiger partial charge < -0.3 is 15.2 Å². The average Bonchev–Trinajstić information content (AvgIpc) is 2.77. The van der Waals surface area contributed by atoms with E-state index in [9.17, 15) is 19.2 Å². The largest absolute Gasteiger partial charge is 0.489 e. The molecule has 6 nitrogen and oxygen atoms in total. The van der Waals surface area contributed by atoms with Crippen LogP contribution in [0.3, 0.4) is 0 Å².